The minimum Gasteiger partial charge on any atom is -0.506 e. The lowest BCUT2D eigenvalue weighted by atomic mass is 9.99. The Bertz CT molecular complexity index is 1180. The fourth-order valence-corrected chi connectivity index (χ4v) is 3.71. The van der Waals surface area contributed by atoms with Crippen molar-refractivity contribution in [2.24, 2.45) is 0 Å². The van der Waals surface area contributed by atoms with E-state index >= 15 is 0 Å². The molecule has 166 valence electrons. The summed E-state index contributed by atoms with van der Waals surface area (Å²) in [6.45, 7) is 0.987. The van der Waals surface area contributed by atoms with E-state index in [9.17, 15) is 30.3 Å². The molecular formula is C21H22O10. The van der Waals surface area contributed by atoms with Crippen molar-refractivity contribution in [2.75, 3.05) is 13.7 Å². The first-order valence-electron chi connectivity index (χ1n) is 9.50. The van der Waals surface area contributed by atoms with Crippen LogP contribution in [0.3, 0.4) is 0 Å². The van der Waals surface area contributed by atoms with E-state index in [2.05, 4.69) is 0 Å². The van der Waals surface area contributed by atoms with E-state index < -0.39 is 48.5 Å². The Hall–Kier alpha value is -2.89. The topological polar surface area (TPSA) is 159 Å². The maximum absolute atomic E-state index is 12.5. The highest BCUT2D eigenvalue weighted by atomic mass is 16.7. The molecular weight excluding hydrogens is 412 g/mol. The van der Waals surface area contributed by atoms with E-state index in [1.807, 2.05) is 0 Å². The Kier molecular flexibility index (Phi) is 5.50. The van der Waals surface area contributed by atoms with Crippen LogP contribution < -0.4 is 14.9 Å². The molecule has 0 unspecified atom stereocenters. The molecule has 3 aromatic rings. The maximum atomic E-state index is 12.5. The largest absolute Gasteiger partial charge is 0.506 e. The summed E-state index contributed by atoms with van der Waals surface area (Å²) < 4.78 is 22.0. The van der Waals surface area contributed by atoms with Gasteiger partial charge in [0.25, 0.3) is 0 Å². The molecule has 1 fully saturated rings. The zero-order valence-electron chi connectivity index (χ0n) is 16.7. The number of hydrogen-bond acceptors (Lipinski definition) is 10. The van der Waals surface area contributed by atoms with Crippen molar-refractivity contribution in [2.45, 2.75) is 37.6 Å². The summed E-state index contributed by atoms with van der Waals surface area (Å²) in [7, 11) is 1.42. The third-order valence-corrected chi connectivity index (χ3v) is 5.29. The average molecular weight is 434 g/mol. The lowest BCUT2D eigenvalue weighted by molar-refractivity contribution is -0.277. The smallest absolute Gasteiger partial charge is 0.229 e. The molecule has 31 heavy (non-hydrogen) atoms. The molecule has 2 heterocycles. The Balaban J connectivity index is 1.89. The lowest BCUT2D eigenvalue weighted by Crippen LogP contribution is -2.60. The number of aromatic hydroxyl groups is 1. The van der Waals surface area contributed by atoms with E-state index in [4.69, 9.17) is 18.6 Å². The minimum atomic E-state index is -1.66. The van der Waals surface area contributed by atoms with Crippen LogP contribution in [-0.4, -0.2) is 70.0 Å². The van der Waals surface area contributed by atoms with Gasteiger partial charge in [0, 0.05) is 12.1 Å². The average Bonchev–Trinajstić information content (AvgIpc) is 2.73. The second-order valence-electron chi connectivity index (χ2n) is 7.36. The van der Waals surface area contributed by atoms with Gasteiger partial charge in [-0.05, 0) is 24.4 Å². The molecule has 5 atom stereocenters. The van der Waals surface area contributed by atoms with Gasteiger partial charge in [-0.2, -0.15) is 0 Å². The zero-order chi connectivity index (χ0) is 22.4. The molecule has 1 aliphatic heterocycles. The number of aliphatic hydroxyl groups excluding tert-OH is 4. The SMILES string of the molecule is COc1cc(O[C@@H]2O[C@H](CO)[C@@H](O)[C@H](O)[C@H]2O)c2c(O)c3c(=O)cc(C)oc3cc2c1. The van der Waals surface area contributed by atoms with Crippen molar-refractivity contribution in [3.63, 3.8) is 0 Å². The Morgan fingerprint density at radius 1 is 1.03 bits per heavy atom. The number of methoxy groups -OCH3 is 1. The molecule has 0 amide bonds. The molecule has 10 nitrogen and oxygen atoms in total. The number of aryl methyl sites for hydroxylation is 1. The van der Waals surface area contributed by atoms with Crippen molar-refractivity contribution in [3.05, 3.63) is 40.2 Å². The number of hydrogen-bond donors (Lipinski definition) is 5. The van der Waals surface area contributed by atoms with E-state index in [0.717, 1.165) is 0 Å². The van der Waals surface area contributed by atoms with Crippen molar-refractivity contribution >= 4 is 21.7 Å². The Morgan fingerprint density at radius 2 is 1.77 bits per heavy atom. The highest BCUT2D eigenvalue weighted by Gasteiger charge is 2.45. The third kappa shape index (κ3) is 3.58. The van der Waals surface area contributed by atoms with Gasteiger partial charge >= 0.3 is 0 Å². The van der Waals surface area contributed by atoms with E-state index in [0.29, 0.717) is 16.9 Å². The van der Waals surface area contributed by atoms with E-state index in [-0.39, 0.29) is 22.1 Å². The summed E-state index contributed by atoms with van der Waals surface area (Å²) in [5, 5.41) is 51.0. The zero-order valence-corrected chi connectivity index (χ0v) is 16.7. The summed E-state index contributed by atoms with van der Waals surface area (Å²) in [6, 6.07) is 5.79. The van der Waals surface area contributed by atoms with Gasteiger partial charge in [0.1, 0.15) is 58.4 Å². The number of rotatable bonds is 4. The number of aliphatic hydroxyl groups is 4. The van der Waals surface area contributed by atoms with Crippen LogP contribution in [0.15, 0.2) is 33.5 Å². The lowest BCUT2D eigenvalue weighted by Gasteiger charge is -2.39. The van der Waals surface area contributed by atoms with Gasteiger partial charge in [0.2, 0.25) is 6.29 Å². The summed E-state index contributed by atoms with van der Waals surface area (Å²) in [4.78, 5) is 12.5. The van der Waals surface area contributed by atoms with Crippen LogP contribution in [0.5, 0.6) is 17.2 Å². The molecule has 0 radical (unpaired) electrons. The van der Waals surface area contributed by atoms with Crippen molar-refractivity contribution < 1.29 is 44.2 Å². The molecule has 10 heteroatoms. The molecule has 0 spiro atoms. The van der Waals surface area contributed by atoms with Crippen LogP contribution in [-0.2, 0) is 4.74 Å². The summed E-state index contributed by atoms with van der Waals surface area (Å²) in [6.07, 6.45) is -7.51. The van der Waals surface area contributed by atoms with Gasteiger partial charge in [0.05, 0.1) is 19.1 Å². The van der Waals surface area contributed by atoms with Crippen LogP contribution in [0, 0.1) is 6.92 Å². The maximum Gasteiger partial charge on any atom is 0.229 e. The van der Waals surface area contributed by atoms with Crippen molar-refractivity contribution in [1.82, 2.24) is 0 Å². The molecule has 5 N–H and O–H groups in total. The van der Waals surface area contributed by atoms with Crippen LogP contribution in [0.25, 0.3) is 21.7 Å². The van der Waals surface area contributed by atoms with Gasteiger partial charge in [-0.25, -0.2) is 0 Å². The second kappa shape index (κ2) is 7.98. The highest BCUT2D eigenvalue weighted by molar-refractivity contribution is 6.06. The number of ether oxygens (including phenoxy) is 3. The number of fused-ring (bicyclic) bond motifs is 2. The Labute approximate surface area is 175 Å². The molecule has 0 bridgehead atoms. The summed E-state index contributed by atoms with van der Waals surface area (Å²) in [5.74, 6) is 0.291. The van der Waals surface area contributed by atoms with Crippen LogP contribution in [0.4, 0.5) is 0 Å². The van der Waals surface area contributed by atoms with Crippen LogP contribution >= 0.6 is 0 Å². The summed E-state index contributed by atoms with van der Waals surface area (Å²) in [5.41, 5.74) is -0.283. The fraction of sp³-hybridized carbons (Fsp3) is 0.381. The molecule has 1 aromatic heterocycles. The predicted molar refractivity (Wildman–Crippen MR) is 107 cm³/mol. The molecule has 0 saturated carbocycles. The first-order valence-corrected chi connectivity index (χ1v) is 9.50. The predicted octanol–water partition coefficient (Wildman–Crippen LogP) is 0.148. The molecule has 4 rings (SSSR count). The van der Waals surface area contributed by atoms with Crippen molar-refractivity contribution in [1.29, 1.82) is 0 Å². The first-order chi connectivity index (χ1) is 14.7. The monoisotopic (exact) mass is 434 g/mol. The second-order valence-corrected chi connectivity index (χ2v) is 7.36. The van der Waals surface area contributed by atoms with Gasteiger partial charge in [-0.1, -0.05) is 0 Å². The first kappa shape index (κ1) is 21.3. The molecule has 1 saturated heterocycles. The summed E-state index contributed by atoms with van der Waals surface area (Å²) >= 11 is 0. The van der Waals surface area contributed by atoms with Crippen LogP contribution in [0.2, 0.25) is 0 Å². The minimum absolute atomic E-state index is 0.0157. The van der Waals surface area contributed by atoms with Gasteiger partial charge in [-0.3, -0.25) is 4.79 Å². The van der Waals surface area contributed by atoms with Gasteiger partial charge in [-0.15, -0.1) is 0 Å². The highest BCUT2D eigenvalue weighted by Crippen LogP contribution is 2.42. The Morgan fingerprint density at radius 3 is 2.45 bits per heavy atom. The van der Waals surface area contributed by atoms with Crippen LogP contribution in [0.1, 0.15) is 5.76 Å². The van der Waals surface area contributed by atoms with E-state index in [1.165, 1.54) is 19.2 Å². The van der Waals surface area contributed by atoms with Gasteiger partial charge < -0.3 is 44.2 Å². The normalized spacial score (nSPS) is 26.3. The van der Waals surface area contributed by atoms with Crippen molar-refractivity contribution in [3.8, 4) is 17.2 Å². The van der Waals surface area contributed by atoms with Gasteiger partial charge in [0.15, 0.2) is 5.43 Å². The molecule has 2 aromatic carbocycles. The standard InChI is InChI=1S/C21H22O10/c1-8-3-11(23)16-12(29-8)5-9-4-10(28-2)6-13(15(9)18(16)25)30-21-20(27)19(26)17(24)14(7-22)31-21/h3-6,14,17,19-22,24-27H,7H2,1-2H3/t14-,17-,19+,20-,21-/m1/s1. The number of phenolic OH excluding ortho intramolecular Hbond substituents is 1. The number of phenols is 1. The third-order valence-electron chi connectivity index (χ3n) is 5.29. The fourth-order valence-electron chi connectivity index (χ4n) is 3.71. The van der Waals surface area contributed by atoms with E-state index in [1.54, 1.807) is 19.1 Å². The molecule has 1 aliphatic rings. The number of benzene rings is 2. The molecule has 0 aliphatic carbocycles. The quantitative estimate of drug-likeness (QED) is 0.358.